The first kappa shape index (κ1) is 18.2. The average Bonchev–Trinajstić information content (AvgIpc) is 2.88. The van der Waals surface area contributed by atoms with Crippen LogP contribution in [0, 0.1) is 0 Å². The predicted molar refractivity (Wildman–Crippen MR) is 99.2 cm³/mol. The molecular formula is C17H31N5S. The van der Waals surface area contributed by atoms with Crippen molar-refractivity contribution in [1.82, 2.24) is 20.5 Å². The molecule has 0 aliphatic carbocycles. The molecule has 130 valence electrons. The second-order valence-corrected chi connectivity index (χ2v) is 6.99. The van der Waals surface area contributed by atoms with Crippen LogP contribution in [0.15, 0.2) is 10.4 Å². The third-order valence-corrected chi connectivity index (χ3v) is 5.25. The Kier molecular flexibility index (Phi) is 8.39. The van der Waals surface area contributed by atoms with Crippen LogP contribution in [0.4, 0.5) is 0 Å². The third-order valence-electron chi connectivity index (χ3n) is 4.20. The van der Waals surface area contributed by atoms with Gasteiger partial charge in [-0.25, -0.2) is 4.98 Å². The molecule has 1 aliphatic rings. The number of guanidine groups is 1. The fraction of sp³-hybridized carbons (Fsp3) is 0.765. The quantitative estimate of drug-likeness (QED) is 0.456. The monoisotopic (exact) mass is 337 g/mol. The summed E-state index contributed by atoms with van der Waals surface area (Å²) >= 11 is 1.73. The summed E-state index contributed by atoms with van der Waals surface area (Å²) in [7, 11) is 1.82. The van der Waals surface area contributed by atoms with Crippen LogP contribution in [0.25, 0.3) is 0 Å². The van der Waals surface area contributed by atoms with Gasteiger partial charge in [-0.2, -0.15) is 0 Å². The zero-order valence-electron chi connectivity index (χ0n) is 14.6. The molecule has 2 N–H and O–H groups in total. The number of aryl methyl sites for hydroxylation is 1. The first-order valence-electron chi connectivity index (χ1n) is 8.92. The lowest BCUT2D eigenvalue weighted by molar-refractivity contribution is 0.282. The van der Waals surface area contributed by atoms with Crippen LogP contribution in [-0.2, 0) is 13.0 Å². The van der Waals surface area contributed by atoms with E-state index in [1.54, 1.807) is 11.3 Å². The highest BCUT2D eigenvalue weighted by Gasteiger charge is 2.08. The molecule has 1 aromatic heterocycles. The Morgan fingerprint density at radius 1 is 1.26 bits per heavy atom. The van der Waals surface area contributed by atoms with Crippen molar-refractivity contribution in [3.8, 4) is 0 Å². The van der Waals surface area contributed by atoms with Crippen LogP contribution < -0.4 is 10.6 Å². The van der Waals surface area contributed by atoms with Gasteiger partial charge in [0.05, 0.1) is 17.2 Å². The van der Waals surface area contributed by atoms with Crippen molar-refractivity contribution in [2.45, 2.75) is 52.0 Å². The molecule has 0 radical (unpaired) electrons. The molecular weight excluding hydrogens is 306 g/mol. The van der Waals surface area contributed by atoms with Gasteiger partial charge in [0.25, 0.3) is 0 Å². The van der Waals surface area contributed by atoms with Crippen molar-refractivity contribution in [3.05, 3.63) is 16.1 Å². The van der Waals surface area contributed by atoms with Crippen molar-refractivity contribution in [2.75, 3.05) is 33.2 Å². The van der Waals surface area contributed by atoms with Crippen LogP contribution in [0.5, 0.6) is 0 Å². The normalized spacial score (nSPS) is 17.0. The number of hydrogen-bond donors (Lipinski definition) is 2. The van der Waals surface area contributed by atoms with Gasteiger partial charge in [-0.1, -0.05) is 19.8 Å². The number of thiazole rings is 1. The molecule has 1 saturated heterocycles. The molecule has 1 aliphatic heterocycles. The number of likely N-dealkylation sites (tertiary alicyclic amines) is 1. The summed E-state index contributed by atoms with van der Waals surface area (Å²) in [5, 5.41) is 10.1. The first-order valence-corrected chi connectivity index (χ1v) is 9.80. The van der Waals surface area contributed by atoms with Gasteiger partial charge in [0, 0.05) is 19.0 Å². The number of aromatic nitrogens is 1. The molecule has 6 heteroatoms. The molecule has 0 bridgehead atoms. The Morgan fingerprint density at radius 3 is 2.70 bits per heavy atom. The standard InChI is InChI=1S/C17H31N5S/c1-3-16-21-15(14-23-16)13-20-17(18-2)19-9-8-12-22-10-6-4-5-7-11-22/h14H,3-13H2,1-2H3,(H2,18,19,20). The summed E-state index contributed by atoms with van der Waals surface area (Å²) in [6.45, 7) is 7.58. The minimum atomic E-state index is 0.738. The van der Waals surface area contributed by atoms with Crippen LogP contribution >= 0.6 is 11.3 Å². The molecule has 1 fully saturated rings. The average molecular weight is 338 g/mol. The second-order valence-electron chi connectivity index (χ2n) is 6.05. The lowest BCUT2D eigenvalue weighted by atomic mass is 10.2. The maximum absolute atomic E-state index is 4.57. The minimum absolute atomic E-state index is 0.738. The lowest BCUT2D eigenvalue weighted by Crippen LogP contribution is -2.38. The van der Waals surface area contributed by atoms with Crippen molar-refractivity contribution in [1.29, 1.82) is 0 Å². The van der Waals surface area contributed by atoms with Gasteiger partial charge in [-0.3, -0.25) is 4.99 Å². The maximum atomic E-state index is 4.57. The summed E-state index contributed by atoms with van der Waals surface area (Å²) in [5.41, 5.74) is 1.10. The molecule has 0 saturated carbocycles. The number of hydrogen-bond acceptors (Lipinski definition) is 4. The maximum Gasteiger partial charge on any atom is 0.191 e. The van der Waals surface area contributed by atoms with E-state index in [1.165, 1.54) is 50.3 Å². The summed E-state index contributed by atoms with van der Waals surface area (Å²) in [6, 6.07) is 0. The van der Waals surface area contributed by atoms with E-state index in [1.807, 2.05) is 7.05 Å². The fourth-order valence-electron chi connectivity index (χ4n) is 2.86. The summed E-state index contributed by atoms with van der Waals surface area (Å²) in [5.74, 6) is 0.868. The van der Waals surface area contributed by atoms with E-state index in [-0.39, 0.29) is 0 Å². The smallest absolute Gasteiger partial charge is 0.191 e. The van der Waals surface area contributed by atoms with Crippen molar-refractivity contribution in [2.24, 2.45) is 4.99 Å². The van der Waals surface area contributed by atoms with Gasteiger partial charge in [0.15, 0.2) is 5.96 Å². The molecule has 0 atom stereocenters. The molecule has 5 nitrogen and oxygen atoms in total. The van der Waals surface area contributed by atoms with Gasteiger partial charge in [0.1, 0.15) is 0 Å². The number of rotatable bonds is 7. The van der Waals surface area contributed by atoms with Crippen molar-refractivity contribution in [3.63, 3.8) is 0 Å². The van der Waals surface area contributed by atoms with Crippen LogP contribution in [0.2, 0.25) is 0 Å². The topological polar surface area (TPSA) is 52.6 Å². The van der Waals surface area contributed by atoms with Gasteiger partial charge < -0.3 is 15.5 Å². The summed E-state index contributed by atoms with van der Waals surface area (Å²) in [4.78, 5) is 11.5. The predicted octanol–water partition coefficient (Wildman–Crippen LogP) is 2.64. The van der Waals surface area contributed by atoms with Crippen molar-refractivity contribution < 1.29 is 0 Å². The number of nitrogens with zero attached hydrogens (tertiary/aromatic N) is 3. The van der Waals surface area contributed by atoms with E-state index >= 15 is 0 Å². The molecule has 2 heterocycles. The van der Waals surface area contributed by atoms with Gasteiger partial charge in [0.2, 0.25) is 0 Å². The Hall–Kier alpha value is -1.14. The van der Waals surface area contributed by atoms with E-state index in [0.717, 1.165) is 37.6 Å². The first-order chi connectivity index (χ1) is 11.3. The molecule has 0 spiro atoms. The zero-order valence-corrected chi connectivity index (χ0v) is 15.4. The fourth-order valence-corrected chi connectivity index (χ4v) is 3.60. The highest BCUT2D eigenvalue weighted by molar-refractivity contribution is 7.09. The highest BCUT2D eigenvalue weighted by Crippen LogP contribution is 2.10. The Labute approximate surface area is 144 Å². The van der Waals surface area contributed by atoms with Gasteiger partial charge in [-0.15, -0.1) is 11.3 Å². The molecule has 1 aromatic rings. The Bertz CT molecular complexity index is 463. The third kappa shape index (κ3) is 6.87. The van der Waals surface area contributed by atoms with Crippen LogP contribution in [-0.4, -0.2) is 49.1 Å². The summed E-state index contributed by atoms with van der Waals surface area (Å²) < 4.78 is 0. The molecule has 2 rings (SSSR count). The molecule has 0 unspecified atom stereocenters. The van der Waals surface area contributed by atoms with E-state index in [9.17, 15) is 0 Å². The van der Waals surface area contributed by atoms with Gasteiger partial charge in [-0.05, 0) is 45.3 Å². The van der Waals surface area contributed by atoms with E-state index < -0.39 is 0 Å². The highest BCUT2D eigenvalue weighted by atomic mass is 32.1. The molecule has 0 aromatic carbocycles. The minimum Gasteiger partial charge on any atom is -0.356 e. The lowest BCUT2D eigenvalue weighted by Gasteiger charge is -2.20. The van der Waals surface area contributed by atoms with E-state index in [2.05, 4.69) is 37.8 Å². The SMILES string of the molecule is CCc1nc(CNC(=NC)NCCCN2CCCCCC2)cs1. The van der Waals surface area contributed by atoms with Gasteiger partial charge >= 0.3 is 0 Å². The second kappa shape index (κ2) is 10.6. The van der Waals surface area contributed by atoms with E-state index in [0.29, 0.717) is 0 Å². The largest absolute Gasteiger partial charge is 0.356 e. The van der Waals surface area contributed by atoms with Crippen molar-refractivity contribution >= 4 is 17.3 Å². The molecule has 0 amide bonds. The Balaban J connectivity index is 1.60. The molecule has 23 heavy (non-hydrogen) atoms. The number of aliphatic imine (C=N–C) groups is 1. The number of nitrogens with one attached hydrogen (secondary N) is 2. The van der Waals surface area contributed by atoms with Crippen LogP contribution in [0.1, 0.15) is 49.7 Å². The zero-order chi connectivity index (χ0) is 16.3. The van der Waals surface area contributed by atoms with Crippen LogP contribution in [0.3, 0.4) is 0 Å². The van der Waals surface area contributed by atoms with E-state index in [4.69, 9.17) is 0 Å². The summed E-state index contributed by atoms with van der Waals surface area (Å²) in [6.07, 6.45) is 7.71. The Morgan fingerprint density at radius 2 is 2.04 bits per heavy atom.